The van der Waals surface area contributed by atoms with E-state index in [0.29, 0.717) is 10.7 Å². The lowest BCUT2D eigenvalue weighted by molar-refractivity contribution is 0.111. The van der Waals surface area contributed by atoms with Crippen molar-refractivity contribution >= 4 is 35.2 Å². The Labute approximate surface area is 132 Å². The Hall–Kier alpha value is -1.71. The van der Waals surface area contributed by atoms with Crippen LogP contribution in [0.1, 0.15) is 16.1 Å². The van der Waals surface area contributed by atoms with Gasteiger partial charge in [0.05, 0.1) is 5.69 Å². The maximum absolute atomic E-state index is 11.6. The van der Waals surface area contributed by atoms with Gasteiger partial charge in [0.25, 0.3) is 0 Å². The van der Waals surface area contributed by atoms with E-state index in [9.17, 15) is 4.79 Å². The zero-order chi connectivity index (χ0) is 15.0. The second-order valence-corrected chi connectivity index (χ2v) is 6.14. The topological polar surface area (TPSA) is 21.5 Å². The molecule has 2 heterocycles. The van der Waals surface area contributed by atoms with Crippen molar-refractivity contribution < 1.29 is 4.79 Å². The molecule has 0 aliphatic carbocycles. The number of hydrogen-bond acceptors (Lipinski definition) is 2. The average molecular weight is 316 g/mol. The van der Waals surface area contributed by atoms with E-state index in [4.69, 9.17) is 11.6 Å². The van der Waals surface area contributed by atoms with Gasteiger partial charge in [-0.2, -0.15) is 0 Å². The van der Waals surface area contributed by atoms with Crippen molar-refractivity contribution in [2.75, 3.05) is 6.26 Å². The lowest BCUT2D eigenvalue weighted by atomic mass is 10.1. The molecule has 0 fully saturated rings. The van der Waals surface area contributed by atoms with Crippen LogP contribution in [0.2, 0.25) is 5.02 Å². The molecule has 0 radical (unpaired) electrons. The van der Waals surface area contributed by atoms with Gasteiger partial charge < -0.3 is 4.40 Å². The van der Waals surface area contributed by atoms with E-state index >= 15 is 0 Å². The van der Waals surface area contributed by atoms with Gasteiger partial charge in [-0.15, -0.1) is 11.8 Å². The molecule has 3 rings (SSSR count). The molecule has 0 unspecified atom stereocenters. The number of halogens is 1. The van der Waals surface area contributed by atoms with Crippen LogP contribution >= 0.6 is 23.4 Å². The summed E-state index contributed by atoms with van der Waals surface area (Å²) in [5.74, 6) is 0. The van der Waals surface area contributed by atoms with Crippen LogP contribution < -0.4 is 0 Å². The molecule has 0 N–H and O–H groups in total. The molecule has 1 aromatic carbocycles. The van der Waals surface area contributed by atoms with Crippen LogP contribution in [0.25, 0.3) is 16.6 Å². The molecule has 0 aliphatic heterocycles. The van der Waals surface area contributed by atoms with Crippen LogP contribution in [0, 0.1) is 6.92 Å². The van der Waals surface area contributed by atoms with Gasteiger partial charge in [0.2, 0.25) is 0 Å². The summed E-state index contributed by atoms with van der Waals surface area (Å²) in [6.07, 6.45) is 4.85. The molecular formula is C17H14ClNOS. The lowest BCUT2D eigenvalue weighted by Gasteiger charge is -2.07. The van der Waals surface area contributed by atoms with Gasteiger partial charge in [0.15, 0.2) is 6.29 Å². The van der Waals surface area contributed by atoms with Crippen LogP contribution in [0.15, 0.2) is 47.5 Å². The third kappa shape index (κ3) is 2.37. The zero-order valence-corrected chi connectivity index (χ0v) is 13.3. The van der Waals surface area contributed by atoms with Crippen molar-refractivity contribution in [1.29, 1.82) is 0 Å². The van der Waals surface area contributed by atoms with E-state index in [1.807, 2.05) is 54.1 Å². The highest BCUT2D eigenvalue weighted by atomic mass is 35.5. The number of fused-ring (bicyclic) bond motifs is 1. The van der Waals surface area contributed by atoms with Crippen LogP contribution in [0.5, 0.6) is 0 Å². The maximum Gasteiger partial charge on any atom is 0.167 e. The summed E-state index contributed by atoms with van der Waals surface area (Å²) in [6, 6.07) is 11.8. The Kier molecular flexibility index (Phi) is 3.79. The molecule has 0 atom stereocenters. The van der Waals surface area contributed by atoms with Gasteiger partial charge in [-0.3, -0.25) is 4.79 Å². The molecule has 21 heavy (non-hydrogen) atoms. The van der Waals surface area contributed by atoms with Crippen molar-refractivity contribution in [3.63, 3.8) is 0 Å². The summed E-state index contributed by atoms with van der Waals surface area (Å²) < 4.78 is 1.93. The monoisotopic (exact) mass is 315 g/mol. The highest BCUT2D eigenvalue weighted by Gasteiger charge is 2.15. The van der Waals surface area contributed by atoms with Gasteiger partial charge in [-0.05, 0) is 54.6 Å². The highest BCUT2D eigenvalue weighted by molar-refractivity contribution is 7.98. The number of thioether (sulfide) groups is 1. The molecule has 0 spiro atoms. The fourth-order valence-electron chi connectivity index (χ4n) is 2.59. The van der Waals surface area contributed by atoms with Crippen LogP contribution in [0.4, 0.5) is 0 Å². The largest absolute Gasteiger partial charge is 0.313 e. The first-order valence-corrected chi connectivity index (χ1v) is 8.15. The minimum absolute atomic E-state index is 0.659. The molecule has 2 aromatic heterocycles. The first-order chi connectivity index (χ1) is 10.2. The molecule has 0 bridgehead atoms. The van der Waals surface area contributed by atoms with Gasteiger partial charge in [-0.1, -0.05) is 17.7 Å². The number of hydrogen-bond donors (Lipinski definition) is 0. The summed E-state index contributed by atoms with van der Waals surface area (Å²) in [7, 11) is 0. The molecule has 0 aliphatic rings. The van der Waals surface area contributed by atoms with Crippen LogP contribution in [-0.4, -0.2) is 16.9 Å². The molecular weight excluding hydrogens is 302 g/mol. The quantitative estimate of drug-likeness (QED) is 0.495. The van der Waals surface area contributed by atoms with E-state index in [1.54, 1.807) is 11.8 Å². The third-order valence-corrected chi connectivity index (χ3v) is 4.66. The normalized spacial score (nSPS) is 11.0. The Morgan fingerprint density at radius 2 is 2.00 bits per heavy atom. The molecule has 0 amide bonds. The van der Waals surface area contributed by atoms with Gasteiger partial charge in [-0.25, -0.2) is 0 Å². The van der Waals surface area contributed by atoms with Crippen molar-refractivity contribution in [3.8, 4) is 11.1 Å². The van der Waals surface area contributed by atoms with Crippen molar-refractivity contribution in [3.05, 3.63) is 58.9 Å². The van der Waals surface area contributed by atoms with Gasteiger partial charge >= 0.3 is 0 Å². The maximum atomic E-state index is 11.6. The van der Waals surface area contributed by atoms with Crippen molar-refractivity contribution in [1.82, 2.24) is 4.40 Å². The summed E-state index contributed by atoms with van der Waals surface area (Å²) >= 11 is 7.79. The molecule has 0 saturated heterocycles. The Morgan fingerprint density at radius 3 is 2.71 bits per heavy atom. The number of aldehydes is 1. The first-order valence-electron chi connectivity index (χ1n) is 6.55. The summed E-state index contributed by atoms with van der Waals surface area (Å²) in [6.45, 7) is 2.04. The average Bonchev–Trinajstić information content (AvgIpc) is 2.87. The molecule has 4 heteroatoms. The molecule has 3 aromatic rings. The number of carbonyl (C=O) groups is 1. The van der Waals surface area contributed by atoms with E-state index in [2.05, 4.69) is 6.07 Å². The minimum atomic E-state index is 0.659. The summed E-state index contributed by atoms with van der Waals surface area (Å²) in [4.78, 5) is 12.7. The van der Waals surface area contributed by atoms with E-state index in [1.165, 1.54) is 0 Å². The van der Waals surface area contributed by atoms with Crippen molar-refractivity contribution in [2.24, 2.45) is 0 Å². The van der Waals surface area contributed by atoms with Gasteiger partial charge in [0, 0.05) is 27.2 Å². The van der Waals surface area contributed by atoms with Crippen LogP contribution in [-0.2, 0) is 0 Å². The number of aromatic nitrogens is 1. The first kappa shape index (κ1) is 14.2. The lowest BCUT2D eigenvalue weighted by Crippen LogP contribution is -1.93. The number of rotatable bonds is 3. The predicted molar refractivity (Wildman–Crippen MR) is 89.7 cm³/mol. The molecule has 2 nitrogen and oxygen atoms in total. The second kappa shape index (κ2) is 5.58. The van der Waals surface area contributed by atoms with Crippen LogP contribution in [0.3, 0.4) is 0 Å². The summed E-state index contributed by atoms with van der Waals surface area (Å²) in [5.41, 5.74) is 4.76. The smallest absolute Gasteiger partial charge is 0.167 e. The van der Waals surface area contributed by atoms with Gasteiger partial charge in [0.1, 0.15) is 0 Å². The predicted octanol–water partition coefficient (Wildman–Crippen LogP) is 5.10. The number of benzene rings is 1. The number of nitrogens with zero attached hydrogens (tertiary/aromatic N) is 1. The fraction of sp³-hybridized carbons (Fsp3) is 0.118. The fourth-order valence-corrected chi connectivity index (χ4v) is 3.35. The number of aryl methyl sites for hydroxylation is 1. The molecule has 0 saturated carbocycles. The Bertz CT molecular complexity index is 838. The Morgan fingerprint density at radius 1 is 1.19 bits per heavy atom. The number of pyridine rings is 1. The third-order valence-electron chi connectivity index (χ3n) is 3.62. The standard InChI is InChI=1S/C17H14ClNOS/c1-11-4-3-7-19-15(11)9-13(16(19)10-20)14-8-12(18)5-6-17(14)21-2/h3-10H,1-2H3. The van der Waals surface area contributed by atoms with E-state index in [-0.39, 0.29) is 0 Å². The highest BCUT2D eigenvalue weighted by Crippen LogP contribution is 2.36. The van der Waals surface area contributed by atoms with E-state index in [0.717, 1.165) is 33.4 Å². The number of carbonyl (C=O) groups excluding carboxylic acids is 1. The second-order valence-electron chi connectivity index (χ2n) is 4.85. The summed E-state index contributed by atoms with van der Waals surface area (Å²) in [5, 5.41) is 0.673. The van der Waals surface area contributed by atoms with E-state index < -0.39 is 0 Å². The van der Waals surface area contributed by atoms with Crippen molar-refractivity contribution in [2.45, 2.75) is 11.8 Å². The zero-order valence-electron chi connectivity index (χ0n) is 11.8. The minimum Gasteiger partial charge on any atom is -0.313 e. The SMILES string of the molecule is CSc1ccc(Cl)cc1-c1cc2c(C)cccn2c1C=O. The Balaban J connectivity index is 2.37. The molecule has 106 valence electrons.